The molecule has 0 saturated heterocycles. The third kappa shape index (κ3) is 4.18. The van der Waals surface area contributed by atoms with Crippen molar-refractivity contribution in [2.45, 2.75) is 39.0 Å². The number of anilines is 1. The molecule has 0 spiro atoms. The van der Waals surface area contributed by atoms with E-state index in [1.807, 2.05) is 52.1 Å². The lowest BCUT2D eigenvalue weighted by Crippen LogP contribution is -2.42. The molecule has 0 fully saturated rings. The highest BCUT2D eigenvalue weighted by Gasteiger charge is 2.45. The Kier molecular flexibility index (Phi) is 5.84. The Labute approximate surface area is 205 Å². The van der Waals surface area contributed by atoms with Crippen LogP contribution < -0.4 is 10.6 Å². The van der Waals surface area contributed by atoms with E-state index in [1.54, 1.807) is 23.1 Å². The van der Waals surface area contributed by atoms with Crippen LogP contribution in [0.5, 0.6) is 0 Å². The van der Waals surface area contributed by atoms with E-state index >= 15 is 0 Å². The Bertz CT molecular complexity index is 1350. The normalized spacial score (nSPS) is 21.8. The zero-order valence-electron chi connectivity index (χ0n) is 20.4. The van der Waals surface area contributed by atoms with Crippen LogP contribution in [0, 0.1) is 19.8 Å². The van der Waals surface area contributed by atoms with Crippen LogP contribution in [0.3, 0.4) is 0 Å². The molecule has 3 aromatic rings. The van der Waals surface area contributed by atoms with Crippen molar-refractivity contribution in [2.24, 2.45) is 13.0 Å². The molecule has 1 aliphatic heterocycles. The number of rotatable bonds is 4. The molecule has 2 N–H and O–H groups in total. The van der Waals surface area contributed by atoms with E-state index in [4.69, 9.17) is 0 Å². The van der Waals surface area contributed by atoms with Crippen LogP contribution in [0.2, 0.25) is 0 Å². The fraction of sp³-hybridized carbons (Fsp3) is 0.286. The second-order valence-corrected chi connectivity index (χ2v) is 9.41. The number of benzene rings is 1. The van der Waals surface area contributed by atoms with Gasteiger partial charge in [-0.15, -0.1) is 0 Å². The van der Waals surface area contributed by atoms with E-state index in [0.29, 0.717) is 17.8 Å². The minimum absolute atomic E-state index is 0.00182. The fourth-order valence-electron chi connectivity index (χ4n) is 5.17. The highest BCUT2D eigenvalue weighted by Crippen LogP contribution is 2.46. The maximum Gasteiger partial charge on any atom is 0.255 e. The number of carbonyl (C=O) groups is 2. The van der Waals surface area contributed by atoms with Crippen LogP contribution in [0.1, 0.15) is 47.6 Å². The summed E-state index contributed by atoms with van der Waals surface area (Å²) in [6.45, 7) is 5.81. The first-order valence-corrected chi connectivity index (χ1v) is 11.8. The van der Waals surface area contributed by atoms with Crippen molar-refractivity contribution >= 4 is 17.5 Å². The van der Waals surface area contributed by atoms with Crippen molar-refractivity contribution in [1.82, 2.24) is 20.1 Å². The average molecular weight is 468 g/mol. The van der Waals surface area contributed by atoms with E-state index in [9.17, 15) is 9.59 Å². The number of nitrogens with one attached hydrogen (secondary N) is 2. The number of ketones is 1. The molecule has 2 aromatic heterocycles. The molecule has 1 amide bonds. The molecule has 3 atom stereocenters. The number of amides is 1. The monoisotopic (exact) mass is 467 g/mol. The third-order valence-corrected chi connectivity index (χ3v) is 7.10. The molecular weight excluding hydrogens is 438 g/mol. The number of pyridine rings is 1. The first-order valence-electron chi connectivity index (χ1n) is 11.8. The average Bonchev–Trinajstić information content (AvgIpc) is 3.17. The number of hydrogen-bond donors (Lipinski definition) is 2. The van der Waals surface area contributed by atoms with Gasteiger partial charge in [-0.2, -0.15) is 5.10 Å². The summed E-state index contributed by atoms with van der Waals surface area (Å²) >= 11 is 0. The van der Waals surface area contributed by atoms with E-state index < -0.39 is 11.8 Å². The van der Waals surface area contributed by atoms with Crippen molar-refractivity contribution in [3.05, 3.63) is 100 Å². The fourth-order valence-corrected chi connectivity index (χ4v) is 5.17. The van der Waals surface area contributed by atoms with Crippen LogP contribution in [-0.4, -0.2) is 26.5 Å². The molecule has 1 aromatic carbocycles. The van der Waals surface area contributed by atoms with Crippen molar-refractivity contribution in [3.8, 4) is 0 Å². The van der Waals surface area contributed by atoms with Crippen LogP contribution in [0.15, 0.2) is 77.9 Å². The molecule has 35 heavy (non-hydrogen) atoms. The molecular formula is C28H29N5O2. The van der Waals surface area contributed by atoms with Crippen LogP contribution in [0.4, 0.5) is 5.82 Å². The van der Waals surface area contributed by atoms with Crippen molar-refractivity contribution in [3.63, 3.8) is 0 Å². The van der Waals surface area contributed by atoms with Crippen molar-refractivity contribution in [2.75, 3.05) is 5.32 Å². The number of nitrogens with zero attached hydrogens (tertiary/aromatic N) is 3. The van der Waals surface area contributed by atoms with E-state index in [1.165, 1.54) is 0 Å². The number of Topliss-reactive ketones (excluding diaryl/α,β-unsaturated/α-hetero) is 1. The number of aromatic nitrogens is 3. The van der Waals surface area contributed by atoms with Gasteiger partial charge in [-0.05, 0) is 38.0 Å². The van der Waals surface area contributed by atoms with Gasteiger partial charge in [0.2, 0.25) is 0 Å². The Morgan fingerprint density at radius 1 is 1.06 bits per heavy atom. The van der Waals surface area contributed by atoms with Gasteiger partial charge in [-0.3, -0.25) is 14.3 Å². The van der Waals surface area contributed by atoms with Gasteiger partial charge in [0.1, 0.15) is 11.6 Å². The van der Waals surface area contributed by atoms with E-state index in [-0.39, 0.29) is 17.6 Å². The molecule has 7 nitrogen and oxygen atoms in total. The van der Waals surface area contributed by atoms with Crippen LogP contribution >= 0.6 is 0 Å². The molecule has 2 aliphatic rings. The lowest BCUT2D eigenvalue weighted by molar-refractivity contribution is -0.123. The van der Waals surface area contributed by atoms with Gasteiger partial charge in [0.05, 0.1) is 12.1 Å². The van der Waals surface area contributed by atoms with Gasteiger partial charge in [0.15, 0.2) is 0 Å². The van der Waals surface area contributed by atoms with E-state index in [0.717, 1.165) is 33.8 Å². The predicted molar refractivity (Wildman–Crippen MR) is 135 cm³/mol. The summed E-state index contributed by atoms with van der Waals surface area (Å²) in [5, 5.41) is 10.8. The molecule has 0 bridgehead atoms. The summed E-state index contributed by atoms with van der Waals surface area (Å²) in [4.78, 5) is 31.7. The molecule has 178 valence electrons. The summed E-state index contributed by atoms with van der Waals surface area (Å²) in [5.41, 5.74) is 6.06. The van der Waals surface area contributed by atoms with E-state index in [2.05, 4.69) is 38.9 Å². The topological polar surface area (TPSA) is 88.9 Å². The van der Waals surface area contributed by atoms with Gasteiger partial charge < -0.3 is 10.6 Å². The number of hydrogen-bond acceptors (Lipinski definition) is 5. The minimum Gasteiger partial charge on any atom is -0.362 e. The zero-order valence-corrected chi connectivity index (χ0v) is 20.4. The summed E-state index contributed by atoms with van der Waals surface area (Å²) < 4.78 is 1.78. The van der Waals surface area contributed by atoms with Gasteiger partial charge in [-0.1, -0.05) is 42.5 Å². The summed E-state index contributed by atoms with van der Waals surface area (Å²) in [6.07, 6.45) is 6.04. The second-order valence-electron chi connectivity index (χ2n) is 9.41. The molecule has 0 radical (unpaired) electrons. The first kappa shape index (κ1) is 22.8. The Balaban J connectivity index is 1.59. The Morgan fingerprint density at radius 2 is 1.83 bits per heavy atom. The number of allylic oxidation sites excluding steroid dienone is 3. The molecule has 5 rings (SSSR count). The van der Waals surface area contributed by atoms with Gasteiger partial charge in [-0.25, -0.2) is 4.98 Å². The second kappa shape index (κ2) is 8.98. The van der Waals surface area contributed by atoms with Gasteiger partial charge in [0.25, 0.3) is 5.91 Å². The Morgan fingerprint density at radius 3 is 2.49 bits per heavy atom. The molecule has 3 heterocycles. The predicted octanol–water partition coefficient (Wildman–Crippen LogP) is 4.29. The Hall–Kier alpha value is -4.00. The lowest BCUT2D eigenvalue weighted by Gasteiger charge is -2.39. The van der Waals surface area contributed by atoms with Crippen molar-refractivity contribution < 1.29 is 9.59 Å². The lowest BCUT2D eigenvalue weighted by atomic mass is 9.68. The number of carbonyl (C=O) groups excluding carboxylic acids is 2. The smallest absolute Gasteiger partial charge is 0.255 e. The molecule has 1 aliphatic carbocycles. The zero-order chi connectivity index (χ0) is 24.7. The van der Waals surface area contributed by atoms with Gasteiger partial charge in [0, 0.05) is 59.7 Å². The quantitative estimate of drug-likeness (QED) is 0.598. The maximum absolute atomic E-state index is 13.7. The third-order valence-electron chi connectivity index (χ3n) is 7.10. The largest absolute Gasteiger partial charge is 0.362 e. The summed E-state index contributed by atoms with van der Waals surface area (Å²) in [7, 11) is 1.87. The van der Waals surface area contributed by atoms with Crippen molar-refractivity contribution in [1.29, 1.82) is 0 Å². The van der Waals surface area contributed by atoms with Crippen LogP contribution in [0.25, 0.3) is 0 Å². The summed E-state index contributed by atoms with van der Waals surface area (Å²) in [5.74, 6) is -0.597. The summed E-state index contributed by atoms with van der Waals surface area (Å²) in [6, 6.07) is 13.8. The first-order chi connectivity index (χ1) is 16.8. The molecule has 0 saturated carbocycles. The highest BCUT2D eigenvalue weighted by molar-refractivity contribution is 6.06. The number of fused-ring (bicyclic) bond motifs is 1. The maximum atomic E-state index is 13.7. The molecule has 7 heteroatoms. The highest BCUT2D eigenvalue weighted by atomic mass is 16.2. The SMILES string of the molecule is CC1=C(C(=O)Nc2ccc(C)cn2)C(c2cnn(C)c2C)C2C(=O)CC(c3ccccc3)C=C2N1. The van der Waals surface area contributed by atoms with Gasteiger partial charge >= 0.3 is 0 Å². The standard InChI is InChI=1S/C28H29N5O2/c1-16-10-11-24(29-14-16)32-28(35)25-17(2)31-22-12-20(19-8-6-5-7-9-19)13-23(34)27(22)26(25)21-15-30-33(4)18(21)3/h5-12,14-15,20,26-27,31H,13H2,1-4H3,(H,29,32,35). The van der Waals surface area contributed by atoms with Crippen LogP contribution in [-0.2, 0) is 16.6 Å². The number of aryl methyl sites for hydroxylation is 2. The minimum atomic E-state index is -0.478. The molecule has 3 unspecified atom stereocenters.